The van der Waals surface area contributed by atoms with Crippen molar-refractivity contribution < 1.29 is 4.79 Å². The summed E-state index contributed by atoms with van der Waals surface area (Å²) < 4.78 is 0. The van der Waals surface area contributed by atoms with Crippen LogP contribution in [-0.4, -0.2) is 41.0 Å². The van der Waals surface area contributed by atoms with Crippen LogP contribution in [0.5, 0.6) is 0 Å². The Morgan fingerprint density at radius 1 is 1.12 bits per heavy atom. The van der Waals surface area contributed by atoms with Crippen molar-refractivity contribution in [2.75, 3.05) is 13.1 Å². The summed E-state index contributed by atoms with van der Waals surface area (Å²) in [5.74, 6) is 0.135. The predicted octanol–water partition coefficient (Wildman–Crippen LogP) is 3.93. The summed E-state index contributed by atoms with van der Waals surface area (Å²) in [6.45, 7) is 1.64. The number of likely N-dealkylation sites (tertiary alicyclic amines) is 1. The number of carbonyl (C=O) groups is 1. The normalized spacial score (nSPS) is 22.5. The second kappa shape index (κ2) is 6.49. The highest BCUT2D eigenvalue weighted by Crippen LogP contribution is 2.29. The fraction of sp³-hybridized carbons (Fsp3) is 0.333. The summed E-state index contributed by atoms with van der Waals surface area (Å²) in [5, 5.41) is 6.65. The van der Waals surface area contributed by atoms with Gasteiger partial charge < -0.3 is 10.2 Å². The van der Waals surface area contributed by atoms with Gasteiger partial charge in [0.25, 0.3) is 5.91 Å². The van der Waals surface area contributed by atoms with E-state index in [1.165, 1.54) is 12.8 Å². The Hall–Kier alpha value is -2.24. The zero-order valence-corrected chi connectivity index (χ0v) is 15.3. The van der Waals surface area contributed by atoms with E-state index in [-0.39, 0.29) is 5.91 Å². The van der Waals surface area contributed by atoms with Gasteiger partial charge in [-0.05, 0) is 42.8 Å². The van der Waals surface area contributed by atoms with Gasteiger partial charge in [0, 0.05) is 30.6 Å². The molecule has 1 aromatic carbocycles. The van der Waals surface area contributed by atoms with Crippen LogP contribution in [0.1, 0.15) is 29.6 Å². The zero-order valence-electron chi connectivity index (χ0n) is 14.5. The molecule has 132 valence electrons. The topological polar surface area (TPSA) is 45.2 Å². The number of thiophene rings is 1. The molecule has 2 saturated heterocycles. The Morgan fingerprint density at radius 3 is 2.88 bits per heavy atom. The lowest BCUT2D eigenvalue weighted by molar-refractivity contribution is 0.0750. The Labute approximate surface area is 156 Å². The molecule has 2 unspecified atom stereocenters. The van der Waals surface area contributed by atoms with Gasteiger partial charge in [-0.25, -0.2) is 4.98 Å². The molecular weight excluding hydrogens is 342 g/mol. The minimum Gasteiger partial charge on any atom is -0.337 e. The van der Waals surface area contributed by atoms with Crippen LogP contribution in [0.25, 0.3) is 21.5 Å². The van der Waals surface area contributed by atoms with Crippen molar-refractivity contribution in [1.29, 1.82) is 0 Å². The van der Waals surface area contributed by atoms with Crippen molar-refractivity contribution in [3.05, 3.63) is 53.4 Å². The maximum Gasteiger partial charge on any atom is 0.254 e. The van der Waals surface area contributed by atoms with Crippen LogP contribution in [0.4, 0.5) is 0 Å². The van der Waals surface area contributed by atoms with Gasteiger partial charge in [0.15, 0.2) is 0 Å². The number of carbonyl (C=O) groups excluding carboxylic acids is 1. The SMILES string of the molecule is O=C(c1cc(-c2cccs2)nc2ccccc12)N1CCC2CCC(C1)N2. The van der Waals surface area contributed by atoms with Crippen LogP contribution in [-0.2, 0) is 0 Å². The highest BCUT2D eigenvalue weighted by molar-refractivity contribution is 7.13. The fourth-order valence-corrected chi connectivity index (χ4v) is 4.89. The summed E-state index contributed by atoms with van der Waals surface area (Å²) in [6.07, 6.45) is 3.46. The molecular formula is C21H21N3OS. The fourth-order valence-electron chi connectivity index (χ4n) is 4.20. The van der Waals surface area contributed by atoms with Crippen molar-refractivity contribution in [3.63, 3.8) is 0 Å². The third-order valence-corrected chi connectivity index (χ3v) is 6.42. The Kier molecular flexibility index (Phi) is 3.98. The third-order valence-electron chi connectivity index (χ3n) is 5.53. The highest BCUT2D eigenvalue weighted by atomic mass is 32.1. The molecule has 5 heteroatoms. The molecule has 2 aliphatic heterocycles. The van der Waals surface area contributed by atoms with Crippen LogP contribution < -0.4 is 5.32 Å². The Bertz CT molecular complexity index is 953. The maximum atomic E-state index is 13.4. The monoisotopic (exact) mass is 363 g/mol. The van der Waals surface area contributed by atoms with E-state index in [2.05, 4.69) is 11.4 Å². The summed E-state index contributed by atoms with van der Waals surface area (Å²) in [6, 6.07) is 15.1. The van der Waals surface area contributed by atoms with E-state index in [0.717, 1.165) is 46.5 Å². The number of hydrogen-bond donors (Lipinski definition) is 1. The first-order valence-corrected chi connectivity index (χ1v) is 10.1. The van der Waals surface area contributed by atoms with E-state index < -0.39 is 0 Å². The first-order chi connectivity index (χ1) is 12.8. The summed E-state index contributed by atoms with van der Waals surface area (Å²) >= 11 is 1.66. The smallest absolute Gasteiger partial charge is 0.254 e. The van der Waals surface area contributed by atoms with E-state index in [4.69, 9.17) is 4.98 Å². The molecule has 1 N–H and O–H groups in total. The average Bonchev–Trinajstić information content (AvgIpc) is 3.30. The minimum absolute atomic E-state index is 0.135. The first-order valence-electron chi connectivity index (χ1n) is 9.27. The second-order valence-corrected chi connectivity index (χ2v) is 8.17. The predicted molar refractivity (Wildman–Crippen MR) is 106 cm³/mol. The maximum absolute atomic E-state index is 13.4. The molecule has 4 nitrogen and oxygen atoms in total. The summed E-state index contributed by atoms with van der Waals surface area (Å²) in [5.41, 5.74) is 2.55. The number of pyridine rings is 1. The number of amides is 1. The third kappa shape index (κ3) is 2.81. The number of para-hydroxylation sites is 1. The Balaban J connectivity index is 1.57. The van der Waals surface area contributed by atoms with Gasteiger partial charge in [-0.3, -0.25) is 4.79 Å². The van der Waals surface area contributed by atoms with Gasteiger partial charge in [0.1, 0.15) is 0 Å². The number of rotatable bonds is 2. The van der Waals surface area contributed by atoms with E-state index in [1.807, 2.05) is 46.7 Å². The number of nitrogens with one attached hydrogen (secondary N) is 1. The molecule has 0 spiro atoms. The molecule has 2 aromatic heterocycles. The molecule has 0 radical (unpaired) electrons. The van der Waals surface area contributed by atoms with Crippen molar-refractivity contribution >= 4 is 28.1 Å². The van der Waals surface area contributed by atoms with Crippen molar-refractivity contribution in [3.8, 4) is 10.6 Å². The number of benzene rings is 1. The van der Waals surface area contributed by atoms with Crippen molar-refractivity contribution in [2.45, 2.75) is 31.3 Å². The number of nitrogens with zero attached hydrogens (tertiary/aromatic N) is 2. The highest BCUT2D eigenvalue weighted by Gasteiger charge is 2.32. The van der Waals surface area contributed by atoms with Gasteiger partial charge >= 0.3 is 0 Å². The van der Waals surface area contributed by atoms with Crippen LogP contribution >= 0.6 is 11.3 Å². The Morgan fingerprint density at radius 2 is 2.00 bits per heavy atom. The number of fused-ring (bicyclic) bond motifs is 3. The largest absolute Gasteiger partial charge is 0.337 e. The molecule has 0 aliphatic carbocycles. The molecule has 4 heterocycles. The molecule has 2 fully saturated rings. The lowest BCUT2D eigenvalue weighted by atomic mass is 10.0. The molecule has 2 atom stereocenters. The number of aromatic nitrogens is 1. The quantitative estimate of drug-likeness (QED) is 0.750. The lowest BCUT2D eigenvalue weighted by Gasteiger charge is -2.25. The van der Waals surface area contributed by atoms with E-state index >= 15 is 0 Å². The molecule has 1 amide bonds. The molecule has 2 aliphatic rings. The van der Waals surface area contributed by atoms with Crippen LogP contribution in [0.3, 0.4) is 0 Å². The first kappa shape index (κ1) is 16.0. The van der Waals surface area contributed by atoms with Gasteiger partial charge in [-0.2, -0.15) is 0 Å². The molecule has 0 saturated carbocycles. The molecule has 26 heavy (non-hydrogen) atoms. The summed E-state index contributed by atoms with van der Waals surface area (Å²) in [7, 11) is 0. The second-order valence-electron chi connectivity index (χ2n) is 7.23. The van der Waals surface area contributed by atoms with Crippen molar-refractivity contribution in [2.24, 2.45) is 0 Å². The van der Waals surface area contributed by atoms with Crippen LogP contribution in [0, 0.1) is 0 Å². The molecule has 3 aromatic rings. The molecule has 5 rings (SSSR count). The molecule has 2 bridgehead atoms. The van der Waals surface area contributed by atoms with E-state index in [9.17, 15) is 4.79 Å². The minimum atomic E-state index is 0.135. The van der Waals surface area contributed by atoms with Crippen LogP contribution in [0.2, 0.25) is 0 Å². The lowest BCUT2D eigenvalue weighted by Crippen LogP contribution is -2.39. The van der Waals surface area contributed by atoms with Crippen LogP contribution in [0.15, 0.2) is 47.8 Å². The van der Waals surface area contributed by atoms with E-state index in [0.29, 0.717) is 12.1 Å². The average molecular weight is 363 g/mol. The zero-order chi connectivity index (χ0) is 17.5. The van der Waals surface area contributed by atoms with Gasteiger partial charge in [-0.15, -0.1) is 11.3 Å². The van der Waals surface area contributed by atoms with Gasteiger partial charge in [-0.1, -0.05) is 24.3 Å². The van der Waals surface area contributed by atoms with Gasteiger partial charge in [0.2, 0.25) is 0 Å². The van der Waals surface area contributed by atoms with Crippen molar-refractivity contribution in [1.82, 2.24) is 15.2 Å². The number of hydrogen-bond acceptors (Lipinski definition) is 4. The summed E-state index contributed by atoms with van der Waals surface area (Å²) in [4.78, 5) is 21.4. The standard InChI is InChI=1S/C21H21N3OS/c25-21(24-10-9-14-7-8-15(13-24)22-14)17-12-19(20-6-3-11-26-20)23-18-5-2-1-4-16(17)18/h1-6,11-12,14-15,22H,7-10,13H2. The van der Waals surface area contributed by atoms with Gasteiger partial charge in [0.05, 0.1) is 21.7 Å². The van der Waals surface area contributed by atoms with E-state index in [1.54, 1.807) is 11.3 Å².